The number of hydrogen-bond donors (Lipinski definition) is 2. The molecule has 0 aliphatic rings. The first kappa shape index (κ1) is 11.1. The van der Waals surface area contributed by atoms with Gasteiger partial charge in [-0.1, -0.05) is 12.1 Å². The minimum absolute atomic E-state index is 0.0195. The van der Waals surface area contributed by atoms with Crippen molar-refractivity contribution >= 4 is 11.7 Å². The van der Waals surface area contributed by atoms with Crippen molar-refractivity contribution < 1.29 is 9.90 Å². The van der Waals surface area contributed by atoms with Gasteiger partial charge in [-0.3, -0.25) is 4.79 Å². The first-order valence-corrected chi connectivity index (χ1v) is 5.06. The van der Waals surface area contributed by atoms with Crippen LogP contribution < -0.4 is 5.32 Å². The molecule has 1 aromatic carbocycles. The van der Waals surface area contributed by atoms with Crippen molar-refractivity contribution in [3.63, 3.8) is 0 Å². The fourth-order valence-electron chi connectivity index (χ4n) is 1.39. The molecule has 5 heteroatoms. The van der Waals surface area contributed by atoms with Gasteiger partial charge in [-0.05, 0) is 30.7 Å². The molecule has 0 aliphatic carbocycles. The number of aryl methyl sites for hydroxylation is 1. The summed E-state index contributed by atoms with van der Waals surface area (Å²) >= 11 is 0. The van der Waals surface area contributed by atoms with Gasteiger partial charge in [0.25, 0.3) is 5.91 Å². The normalized spacial score (nSPS) is 9.94. The Morgan fingerprint density at radius 2 is 2.12 bits per heavy atom. The first-order chi connectivity index (χ1) is 8.18. The van der Waals surface area contributed by atoms with Gasteiger partial charge >= 0.3 is 0 Å². The number of phenols is 1. The second-order valence-corrected chi connectivity index (χ2v) is 3.53. The van der Waals surface area contributed by atoms with Gasteiger partial charge in [-0.2, -0.15) is 5.10 Å². The van der Waals surface area contributed by atoms with Crippen molar-refractivity contribution in [2.45, 2.75) is 6.92 Å². The number of phenolic OH excluding ortho intramolecular Hbond substituents is 1. The maximum atomic E-state index is 11.8. The summed E-state index contributed by atoms with van der Waals surface area (Å²) in [6.07, 6.45) is 1.51. The van der Waals surface area contributed by atoms with Crippen LogP contribution in [0.15, 0.2) is 36.5 Å². The number of aromatic nitrogens is 2. The Bertz CT molecular complexity index is 541. The van der Waals surface area contributed by atoms with Gasteiger partial charge in [-0.15, -0.1) is 5.10 Å². The molecule has 0 aliphatic heterocycles. The van der Waals surface area contributed by atoms with Gasteiger partial charge in [0.2, 0.25) is 0 Å². The molecule has 17 heavy (non-hydrogen) atoms. The summed E-state index contributed by atoms with van der Waals surface area (Å²) in [7, 11) is 0. The number of nitrogens with zero attached hydrogens (tertiary/aromatic N) is 2. The zero-order valence-corrected chi connectivity index (χ0v) is 9.21. The van der Waals surface area contributed by atoms with E-state index in [2.05, 4.69) is 15.5 Å². The fourth-order valence-corrected chi connectivity index (χ4v) is 1.39. The minimum Gasteiger partial charge on any atom is -0.507 e. The summed E-state index contributed by atoms with van der Waals surface area (Å²) in [5.74, 6) is -0.0843. The Morgan fingerprint density at radius 1 is 1.29 bits per heavy atom. The third-order valence-electron chi connectivity index (χ3n) is 2.30. The zero-order chi connectivity index (χ0) is 12.3. The minimum atomic E-state index is -0.410. The van der Waals surface area contributed by atoms with Crippen LogP contribution in [0.3, 0.4) is 0 Å². The molecule has 1 heterocycles. The molecule has 5 nitrogen and oxygen atoms in total. The lowest BCUT2D eigenvalue weighted by Gasteiger charge is -2.06. The Labute approximate surface area is 98.1 Å². The predicted octanol–water partition coefficient (Wildman–Crippen LogP) is 1.74. The highest BCUT2D eigenvalue weighted by atomic mass is 16.3. The molecule has 0 fully saturated rings. The van der Waals surface area contributed by atoms with Crippen molar-refractivity contribution in [2.24, 2.45) is 0 Å². The summed E-state index contributed by atoms with van der Waals surface area (Å²) in [5, 5.41) is 19.7. The molecule has 0 saturated carbocycles. The summed E-state index contributed by atoms with van der Waals surface area (Å²) in [6, 6.07) is 8.28. The maximum absolute atomic E-state index is 11.8. The van der Waals surface area contributed by atoms with Gasteiger partial charge < -0.3 is 10.4 Å². The zero-order valence-electron chi connectivity index (χ0n) is 9.21. The van der Waals surface area contributed by atoms with Crippen LogP contribution >= 0.6 is 0 Å². The van der Waals surface area contributed by atoms with Crippen molar-refractivity contribution in [1.82, 2.24) is 10.2 Å². The van der Waals surface area contributed by atoms with E-state index in [1.807, 2.05) is 0 Å². The smallest absolute Gasteiger partial charge is 0.260 e. The number of para-hydroxylation sites is 1. The molecule has 0 saturated heterocycles. The molecule has 1 aromatic heterocycles. The average Bonchev–Trinajstić information content (AvgIpc) is 2.34. The van der Waals surface area contributed by atoms with Gasteiger partial charge in [0.1, 0.15) is 5.75 Å². The predicted molar refractivity (Wildman–Crippen MR) is 62.8 cm³/mol. The van der Waals surface area contributed by atoms with Crippen LogP contribution in [-0.2, 0) is 0 Å². The molecule has 0 radical (unpaired) electrons. The Morgan fingerprint density at radius 3 is 2.82 bits per heavy atom. The lowest BCUT2D eigenvalue weighted by atomic mass is 10.1. The van der Waals surface area contributed by atoms with Crippen molar-refractivity contribution in [2.75, 3.05) is 5.32 Å². The molecule has 2 N–H and O–H groups in total. The van der Waals surface area contributed by atoms with Crippen molar-refractivity contribution in [1.29, 1.82) is 0 Å². The monoisotopic (exact) mass is 229 g/mol. The molecule has 0 atom stereocenters. The number of anilines is 1. The molecule has 0 bridgehead atoms. The van der Waals surface area contributed by atoms with E-state index in [1.54, 1.807) is 37.3 Å². The van der Waals surface area contributed by atoms with Crippen LogP contribution in [0.5, 0.6) is 5.75 Å². The quantitative estimate of drug-likeness (QED) is 0.822. The second-order valence-electron chi connectivity index (χ2n) is 3.53. The number of carbonyl (C=O) groups is 1. The second kappa shape index (κ2) is 4.61. The van der Waals surface area contributed by atoms with Crippen LogP contribution in [0.2, 0.25) is 0 Å². The van der Waals surface area contributed by atoms with Crippen LogP contribution in [-0.4, -0.2) is 21.2 Å². The van der Waals surface area contributed by atoms with Gasteiger partial charge in [0.15, 0.2) is 5.82 Å². The SMILES string of the molecule is Cc1cccc(C(=O)Nc2cccnn2)c1O. The topological polar surface area (TPSA) is 75.1 Å². The van der Waals surface area contributed by atoms with Crippen LogP contribution in [0.4, 0.5) is 5.82 Å². The average molecular weight is 229 g/mol. The molecule has 0 spiro atoms. The van der Waals surface area contributed by atoms with Gasteiger partial charge in [0.05, 0.1) is 5.56 Å². The number of aromatic hydroxyl groups is 1. The third-order valence-corrected chi connectivity index (χ3v) is 2.30. The molecule has 1 amide bonds. The first-order valence-electron chi connectivity index (χ1n) is 5.06. The number of nitrogens with one attached hydrogen (secondary N) is 1. The standard InChI is InChI=1S/C12H11N3O2/c1-8-4-2-5-9(11(8)16)12(17)14-10-6-3-7-13-15-10/h2-7,16H,1H3,(H,14,15,17). The molecule has 0 unspecified atom stereocenters. The number of carbonyl (C=O) groups excluding carboxylic acids is 1. The van der Waals surface area contributed by atoms with Crippen molar-refractivity contribution in [3.05, 3.63) is 47.7 Å². The van der Waals surface area contributed by atoms with Gasteiger partial charge in [-0.25, -0.2) is 0 Å². The highest BCUT2D eigenvalue weighted by Crippen LogP contribution is 2.21. The summed E-state index contributed by atoms with van der Waals surface area (Å²) in [6.45, 7) is 1.73. The van der Waals surface area contributed by atoms with Crippen LogP contribution in [0.1, 0.15) is 15.9 Å². The lowest BCUT2D eigenvalue weighted by molar-refractivity contribution is 0.102. The maximum Gasteiger partial charge on any atom is 0.260 e. The van der Waals surface area contributed by atoms with Crippen LogP contribution in [0.25, 0.3) is 0 Å². The van der Waals surface area contributed by atoms with Crippen molar-refractivity contribution in [3.8, 4) is 5.75 Å². The van der Waals surface area contributed by atoms with Gasteiger partial charge in [0, 0.05) is 6.20 Å². The third kappa shape index (κ3) is 2.39. The Hall–Kier alpha value is -2.43. The van der Waals surface area contributed by atoms with E-state index in [4.69, 9.17) is 0 Å². The summed E-state index contributed by atoms with van der Waals surface area (Å²) in [4.78, 5) is 11.8. The fraction of sp³-hybridized carbons (Fsp3) is 0.0833. The van der Waals surface area contributed by atoms with E-state index < -0.39 is 5.91 Å². The van der Waals surface area contributed by atoms with E-state index >= 15 is 0 Å². The molecular formula is C12H11N3O2. The molecule has 2 aromatic rings. The largest absolute Gasteiger partial charge is 0.507 e. The van der Waals surface area contributed by atoms with E-state index in [0.717, 1.165) is 0 Å². The molecular weight excluding hydrogens is 218 g/mol. The van der Waals surface area contributed by atoms with E-state index in [-0.39, 0.29) is 11.3 Å². The molecule has 86 valence electrons. The molecule has 2 rings (SSSR count). The van der Waals surface area contributed by atoms with E-state index in [0.29, 0.717) is 11.4 Å². The van der Waals surface area contributed by atoms with E-state index in [1.165, 1.54) is 6.20 Å². The Kier molecular flexibility index (Phi) is 3.00. The lowest BCUT2D eigenvalue weighted by Crippen LogP contribution is -2.13. The number of rotatable bonds is 2. The number of hydrogen-bond acceptors (Lipinski definition) is 4. The highest BCUT2D eigenvalue weighted by molar-refractivity contribution is 6.05. The Balaban J connectivity index is 2.24. The number of benzene rings is 1. The highest BCUT2D eigenvalue weighted by Gasteiger charge is 2.12. The summed E-state index contributed by atoms with van der Waals surface area (Å²) in [5.41, 5.74) is 0.868. The van der Waals surface area contributed by atoms with E-state index in [9.17, 15) is 9.90 Å². The summed E-state index contributed by atoms with van der Waals surface area (Å²) < 4.78 is 0. The number of amides is 1. The van der Waals surface area contributed by atoms with Crippen LogP contribution in [0, 0.1) is 6.92 Å².